The van der Waals surface area contributed by atoms with Gasteiger partial charge in [-0.1, -0.05) is 0 Å². The molecule has 2 amide bonds. The number of amides is 2. The van der Waals surface area contributed by atoms with Gasteiger partial charge in [-0.15, -0.1) is 0 Å². The highest BCUT2D eigenvalue weighted by atomic mass is 16.7. The first-order valence-corrected chi connectivity index (χ1v) is 6.13. The fourth-order valence-corrected chi connectivity index (χ4v) is 1.88. The molecular formula is C11H18N2O6. The van der Waals surface area contributed by atoms with Gasteiger partial charge in [0.2, 0.25) is 0 Å². The summed E-state index contributed by atoms with van der Waals surface area (Å²) in [6.45, 7) is 1.72. The van der Waals surface area contributed by atoms with E-state index in [0.717, 1.165) is 12.8 Å². The first kappa shape index (κ1) is 15.2. The molecule has 2 N–H and O–H groups in total. The highest BCUT2D eigenvalue weighted by Crippen LogP contribution is 2.18. The summed E-state index contributed by atoms with van der Waals surface area (Å²) in [6.07, 6.45) is 2.15. The lowest BCUT2D eigenvalue weighted by atomic mass is 10.0. The maximum atomic E-state index is 11.8. The summed E-state index contributed by atoms with van der Waals surface area (Å²) in [6, 6.07) is -1.26. The van der Waals surface area contributed by atoms with Gasteiger partial charge in [-0.2, -0.15) is 0 Å². The fraction of sp³-hybridized carbons (Fsp3) is 0.727. The lowest BCUT2D eigenvalue weighted by molar-refractivity contribution is -0.150. The Morgan fingerprint density at radius 2 is 2.11 bits per heavy atom. The van der Waals surface area contributed by atoms with Crippen molar-refractivity contribution in [2.24, 2.45) is 0 Å². The third kappa shape index (κ3) is 4.74. The number of carbonyl (C=O) groups excluding carboxylic acids is 2. The number of carboxylic acids is 1. The van der Waals surface area contributed by atoms with E-state index in [-0.39, 0.29) is 6.61 Å². The quantitative estimate of drug-likeness (QED) is 0.545. The van der Waals surface area contributed by atoms with E-state index in [1.54, 1.807) is 6.92 Å². The van der Waals surface area contributed by atoms with Crippen LogP contribution in [0.15, 0.2) is 0 Å². The number of piperidine rings is 1. The predicted molar refractivity (Wildman–Crippen MR) is 63.1 cm³/mol. The molecule has 0 aliphatic carbocycles. The van der Waals surface area contributed by atoms with Gasteiger partial charge in [-0.3, -0.25) is 4.84 Å². The number of ether oxygens (including phenoxy) is 1. The number of hydrogen-bond donors (Lipinski definition) is 2. The van der Waals surface area contributed by atoms with Gasteiger partial charge in [0.1, 0.15) is 6.04 Å². The number of carboxylic acid groups (broad SMARTS) is 1. The Morgan fingerprint density at radius 3 is 2.74 bits per heavy atom. The maximum Gasteiger partial charge on any atom is 0.342 e. The van der Waals surface area contributed by atoms with Crippen molar-refractivity contribution in [3.05, 3.63) is 0 Å². The zero-order valence-corrected chi connectivity index (χ0v) is 10.8. The van der Waals surface area contributed by atoms with E-state index in [1.807, 2.05) is 5.48 Å². The Morgan fingerprint density at radius 1 is 1.37 bits per heavy atom. The molecule has 1 unspecified atom stereocenters. The number of aliphatic carboxylic acids is 1. The molecule has 1 aliphatic heterocycles. The Labute approximate surface area is 110 Å². The summed E-state index contributed by atoms with van der Waals surface area (Å²) in [4.78, 5) is 39.6. The van der Waals surface area contributed by atoms with Crippen LogP contribution in [-0.2, 0) is 19.2 Å². The van der Waals surface area contributed by atoms with Crippen LogP contribution in [0.25, 0.3) is 0 Å². The van der Waals surface area contributed by atoms with Crippen LogP contribution >= 0.6 is 0 Å². The lowest BCUT2D eigenvalue weighted by Crippen LogP contribution is -2.52. The van der Waals surface area contributed by atoms with E-state index in [4.69, 9.17) is 9.84 Å². The Hall–Kier alpha value is -1.83. The summed E-state index contributed by atoms with van der Waals surface area (Å²) in [5.41, 5.74) is 2.01. The zero-order chi connectivity index (χ0) is 14.3. The Bertz CT molecular complexity index is 346. The highest BCUT2D eigenvalue weighted by molar-refractivity contribution is 5.83. The second-order valence-corrected chi connectivity index (χ2v) is 4.05. The maximum absolute atomic E-state index is 11.8. The molecule has 19 heavy (non-hydrogen) atoms. The van der Waals surface area contributed by atoms with Crippen molar-refractivity contribution in [2.75, 3.05) is 19.8 Å². The Balaban J connectivity index is 2.53. The molecule has 0 radical (unpaired) electrons. The second kappa shape index (κ2) is 7.57. The van der Waals surface area contributed by atoms with Crippen molar-refractivity contribution >= 4 is 18.0 Å². The largest absolute Gasteiger partial charge is 0.479 e. The number of hydrogen-bond acceptors (Lipinski definition) is 5. The predicted octanol–water partition coefficient (Wildman–Crippen LogP) is 0.130. The van der Waals surface area contributed by atoms with Crippen molar-refractivity contribution in [2.45, 2.75) is 32.2 Å². The molecule has 0 spiro atoms. The minimum Gasteiger partial charge on any atom is -0.479 e. The van der Waals surface area contributed by atoms with Crippen LogP contribution in [0.2, 0.25) is 0 Å². The first-order chi connectivity index (χ1) is 9.06. The van der Waals surface area contributed by atoms with Gasteiger partial charge in [0.15, 0.2) is 6.61 Å². The lowest BCUT2D eigenvalue weighted by Gasteiger charge is -2.33. The SMILES string of the molecule is CCOC(=O)C1CCCCN1C(=O)NOCC(=O)O. The topological polar surface area (TPSA) is 105 Å². The zero-order valence-electron chi connectivity index (χ0n) is 10.8. The van der Waals surface area contributed by atoms with E-state index < -0.39 is 30.6 Å². The molecule has 0 bridgehead atoms. The third-order valence-corrected chi connectivity index (χ3v) is 2.68. The molecule has 8 heteroatoms. The van der Waals surface area contributed by atoms with Gasteiger partial charge in [-0.05, 0) is 26.2 Å². The van der Waals surface area contributed by atoms with Crippen LogP contribution in [0.4, 0.5) is 4.79 Å². The molecule has 1 heterocycles. The third-order valence-electron chi connectivity index (χ3n) is 2.68. The van der Waals surface area contributed by atoms with E-state index in [1.165, 1.54) is 4.90 Å². The number of rotatable bonds is 5. The summed E-state index contributed by atoms with van der Waals surface area (Å²) in [5, 5.41) is 8.38. The molecule has 0 aromatic carbocycles. The van der Waals surface area contributed by atoms with Crippen LogP contribution in [0.1, 0.15) is 26.2 Å². The van der Waals surface area contributed by atoms with Crippen LogP contribution in [0.5, 0.6) is 0 Å². The van der Waals surface area contributed by atoms with Gasteiger partial charge in [0.25, 0.3) is 0 Å². The monoisotopic (exact) mass is 274 g/mol. The van der Waals surface area contributed by atoms with Crippen molar-refractivity contribution < 1.29 is 29.1 Å². The van der Waals surface area contributed by atoms with Crippen LogP contribution < -0.4 is 5.48 Å². The molecule has 8 nitrogen and oxygen atoms in total. The molecular weight excluding hydrogens is 256 g/mol. The van der Waals surface area contributed by atoms with Crippen molar-refractivity contribution in [3.8, 4) is 0 Å². The van der Waals surface area contributed by atoms with E-state index in [9.17, 15) is 14.4 Å². The first-order valence-electron chi connectivity index (χ1n) is 6.13. The van der Waals surface area contributed by atoms with Gasteiger partial charge in [-0.25, -0.2) is 19.9 Å². The minimum absolute atomic E-state index is 0.250. The highest BCUT2D eigenvalue weighted by Gasteiger charge is 2.33. The summed E-state index contributed by atoms with van der Waals surface area (Å²) < 4.78 is 4.91. The molecule has 1 atom stereocenters. The molecule has 0 aromatic rings. The van der Waals surface area contributed by atoms with Gasteiger partial charge < -0.3 is 14.7 Å². The van der Waals surface area contributed by atoms with Gasteiger partial charge in [0, 0.05) is 6.54 Å². The number of esters is 1. The number of likely N-dealkylation sites (tertiary alicyclic amines) is 1. The van der Waals surface area contributed by atoms with Crippen LogP contribution in [0.3, 0.4) is 0 Å². The standard InChI is InChI=1S/C11H18N2O6/c1-2-18-10(16)8-5-3-4-6-13(8)11(17)12-19-7-9(14)15/h8H,2-7H2,1H3,(H,12,17)(H,14,15). The summed E-state index contributed by atoms with van der Waals surface area (Å²) >= 11 is 0. The molecule has 108 valence electrons. The van der Waals surface area contributed by atoms with Crippen molar-refractivity contribution in [1.29, 1.82) is 0 Å². The summed E-state index contributed by atoms with van der Waals surface area (Å²) in [7, 11) is 0. The number of nitrogens with zero attached hydrogens (tertiary/aromatic N) is 1. The molecule has 1 fully saturated rings. The van der Waals surface area contributed by atoms with Crippen molar-refractivity contribution in [3.63, 3.8) is 0 Å². The van der Waals surface area contributed by atoms with Gasteiger partial charge in [0.05, 0.1) is 6.61 Å². The van der Waals surface area contributed by atoms with Crippen LogP contribution in [-0.4, -0.2) is 53.8 Å². The molecule has 0 saturated carbocycles. The molecule has 1 aliphatic rings. The Kier molecular flexibility index (Phi) is 6.07. The van der Waals surface area contributed by atoms with Crippen LogP contribution in [0, 0.1) is 0 Å². The minimum atomic E-state index is -1.19. The number of nitrogens with one attached hydrogen (secondary N) is 1. The number of carbonyl (C=O) groups is 3. The van der Waals surface area contributed by atoms with Gasteiger partial charge >= 0.3 is 18.0 Å². The fourth-order valence-electron chi connectivity index (χ4n) is 1.88. The average Bonchev–Trinajstić information content (AvgIpc) is 2.38. The average molecular weight is 274 g/mol. The van der Waals surface area contributed by atoms with E-state index in [0.29, 0.717) is 13.0 Å². The molecule has 1 rings (SSSR count). The molecule has 1 saturated heterocycles. The number of urea groups is 1. The van der Waals surface area contributed by atoms with E-state index in [2.05, 4.69) is 4.84 Å². The normalized spacial score (nSPS) is 18.8. The summed E-state index contributed by atoms with van der Waals surface area (Å²) in [5.74, 6) is -1.64. The van der Waals surface area contributed by atoms with Crippen molar-refractivity contribution in [1.82, 2.24) is 10.4 Å². The number of hydroxylamine groups is 1. The molecule has 0 aromatic heterocycles. The van der Waals surface area contributed by atoms with E-state index >= 15 is 0 Å². The smallest absolute Gasteiger partial charge is 0.342 e. The second-order valence-electron chi connectivity index (χ2n) is 4.05.